The van der Waals surface area contributed by atoms with E-state index in [1.807, 2.05) is 36.4 Å². The number of nitrogens with one attached hydrogen (secondary N) is 1. The predicted molar refractivity (Wildman–Crippen MR) is 97.7 cm³/mol. The predicted octanol–water partition coefficient (Wildman–Crippen LogP) is 2.38. The molecule has 0 fully saturated rings. The highest BCUT2D eigenvalue weighted by molar-refractivity contribution is 5.77. The maximum absolute atomic E-state index is 5.88. The van der Waals surface area contributed by atoms with Gasteiger partial charge in [0.2, 0.25) is 0 Å². The number of nitrogens with two attached hydrogens (primary N) is 1. The number of benzene rings is 1. The first-order chi connectivity index (χ1) is 11.7. The molecule has 5 nitrogen and oxygen atoms in total. The third kappa shape index (κ3) is 7.24. The highest BCUT2D eigenvalue weighted by atomic mass is 16.5. The van der Waals surface area contributed by atoms with Crippen molar-refractivity contribution in [1.29, 1.82) is 0 Å². The van der Waals surface area contributed by atoms with Crippen molar-refractivity contribution in [1.82, 2.24) is 10.3 Å². The molecule has 0 radical (unpaired) electrons. The van der Waals surface area contributed by atoms with Crippen LogP contribution in [0.15, 0.2) is 59.7 Å². The Labute approximate surface area is 144 Å². The number of aromatic nitrogens is 1. The molecule has 0 saturated heterocycles. The molecule has 0 aliphatic heterocycles. The van der Waals surface area contributed by atoms with Crippen LogP contribution < -0.4 is 11.1 Å². The Balaban J connectivity index is 1.59. The minimum Gasteiger partial charge on any atom is -0.376 e. The third-order valence-electron chi connectivity index (χ3n) is 3.50. The molecule has 24 heavy (non-hydrogen) atoms. The summed E-state index contributed by atoms with van der Waals surface area (Å²) >= 11 is 0. The zero-order chi connectivity index (χ0) is 17.0. The Morgan fingerprint density at radius 3 is 2.75 bits per heavy atom. The van der Waals surface area contributed by atoms with Gasteiger partial charge >= 0.3 is 0 Å². The lowest BCUT2D eigenvalue weighted by Crippen LogP contribution is -2.34. The molecule has 0 aliphatic carbocycles. The van der Waals surface area contributed by atoms with E-state index in [0.29, 0.717) is 31.6 Å². The van der Waals surface area contributed by atoms with Crippen LogP contribution in [0, 0.1) is 5.92 Å². The average molecular weight is 326 g/mol. The second kappa shape index (κ2) is 10.4. The Hall–Kier alpha value is -2.40. The quantitative estimate of drug-likeness (QED) is 0.548. The average Bonchev–Trinajstić information content (AvgIpc) is 2.62. The molecule has 1 aromatic heterocycles. The summed E-state index contributed by atoms with van der Waals surface area (Å²) in [7, 11) is 0. The molecular formula is C19H26N4O. The van der Waals surface area contributed by atoms with E-state index in [4.69, 9.17) is 10.5 Å². The smallest absolute Gasteiger partial charge is 0.188 e. The maximum Gasteiger partial charge on any atom is 0.188 e. The molecule has 0 aliphatic rings. The highest BCUT2D eigenvalue weighted by Gasteiger charge is 2.02. The molecule has 2 aromatic rings. The summed E-state index contributed by atoms with van der Waals surface area (Å²) < 4.78 is 5.71. The Morgan fingerprint density at radius 1 is 1.21 bits per heavy atom. The molecule has 1 heterocycles. The number of nitrogens with zero attached hydrogens (tertiary/aromatic N) is 2. The lowest BCUT2D eigenvalue weighted by atomic mass is 10.2. The van der Waals surface area contributed by atoms with Gasteiger partial charge in [0.1, 0.15) is 0 Å². The monoisotopic (exact) mass is 326 g/mol. The van der Waals surface area contributed by atoms with Gasteiger partial charge in [0.15, 0.2) is 5.96 Å². The van der Waals surface area contributed by atoms with E-state index in [1.54, 1.807) is 6.20 Å². The summed E-state index contributed by atoms with van der Waals surface area (Å²) in [5.74, 6) is 0.797. The first-order valence-electron chi connectivity index (χ1n) is 8.29. The van der Waals surface area contributed by atoms with Gasteiger partial charge in [0, 0.05) is 31.4 Å². The number of ether oxygens (including phenoxy) is 1. The molecule has 0 spiro atoms. The van der Waals surface area contributed by atoms with E-state index in [-0.39, 0.29) is 0 Å². The minimum absolute atomic E-state index is 0.324. The standard InChI is InChI=1S/C19H26N4O/c1-16(14-24-15-17-7-3-2-4-8-17)13-23-19(20)22-12-10-18-9-5-6-11-21-18/h2-9,11,16H,10,12-15H2,1H3,(H3,20,22,23). The van der Waals surface area contributed by atoms with Crippen molar-refractivity contribution in [3.05, 3.63) is 66.0 Å². The first kappa shape index (κ1) is 17.9. The van der Waals surface area contributed by atoms with Crippen LogP contribution in [-0.4, -0.2) is 30.6 Å². The van der Waals surface area contributed by atoms with Gasteiger partial charge in [0.25, 0.3) is 0 Å². The van der Waals surface area contributed by atoms with Gasteiger partial charge in [-0.1, -0.05) is 43.3 Å². The van der Waals surface area contributed by atoms with Crippen molar-refractivity contribution in [2.24, 2.45) is 16.6 Å². The van der Waals surface area contributed by atoms with Crippen LogP contribution >= 0.6 is 0 Å². The summed E-state index contributed by atoms with van der Waals surface area (Å²) in [5, 5.41) is 3.12. The first-order valence-corrected chi connectivity index (χ1v) is 8.29. The van der Waals surface area contributed by atoms with E-state index in [2.05, 4.69) is 34.3 Å². The zero-order valence-electron chi connectivity index (χ0n) is 14.2. The van der Waals surface area contributed by atoms with Crippen LogP contribution in [0.4, 0.5) is 0 Å². The van der Waals surface area contributed by atoms with E-state index in [0.717, 1.165) is 18.7 Å². The normalized spacial score (nSPS) is 12.8. The van der Waals surface area contributed by atoms with Crippen molar-refractivity contribution in [2.45, 2.75) is 20.0 Å². The van der Waals surface area contributed by atoms with Crippen LogP contribution in [0.25, 0.3) is 0 Å². The van der Waals surface area contributed by atoms with Crippen LogP contribution in [-0.2, 0) is 17.8 Å². The molecule has 128 valence electrons. The van der Waals surface area contributed by atoms with Crippen LogP contribution in [0.1, 0.15) is 18.2 Å². The number of hydrogen-bond donors (Lipinski definition) is 2. The van der Waals surface area contributed by atoms with E-state index >= 15 is 0 Å². The number of pyridine rings is 1. The molecule has 2 rings (SSSR count). The number of hydrogen-bond acceptors (Lipinski definition) is 3. The Morgan fingerprint density at radius 2 is 2.00 bits per heavy atom. The fourth-order valence-corrected chi connectivity index (χ4v) is 2.18. The topological polar surface area (TPSA) is 72.5 Å². The molecule has 3 N–H and O–H groups in total. The summed E-state index contributed by atoms with van der Waals surface area (Å²) in [6.07, 6.45) is 2.62. The highest BCUT2D eigenvalue weighted by Crippen LogP contribution is 2.03. The second-order valence-electron chi connectivity index (χ2n) is 5.83. The molecule has 1 aromatic carbocycles. The van der Waals surface area contributed by atoms with Gasteiger partial charge in [-0.25, -0.2) is 0 Å². The van der Waals surface area contributed by atoms with Gasteiger partial charge in [0.05, 0.1) is 13.2 Å². The zero-order valence-corrected chi connectivity index (χ0v) is 14.2. The SMILES string of the molecule is CC(CN=C(N)NCCc1ccccn1)COCc1ccccc1. The number of guanidine groups is 1. The van der Waals surface area contributed by atoms with Crippen LogP contribution in [0.2, 0.25) is 0 Å². The summed E-state index contributed by atoms with van der Waals surface area (Å²) in [4.78, 5) is 8.64. The molecule has 0 bridgehead atoms. The lowest BCUT2D eigenvalue weighted by molar-refractivity contribution is 0.0945. The van der Waals surface area contributed by atoms with Gasteiger partial charge in [-0.15, -0.1) is 0 Å². The molecule has 1 unspecified atom stereocenters. The van der Waals surface area contributed by atoms with Crippen molar-refractivity contribution in [3.8, 4) is 0 Å². The van der Waals surface area contributed by atoms with Gasteiger partial charge in [-0.3, -0.25) is 9.98 Å². The molecule has 5 heteroatoms. The summed E-state index contributed by atoms with van der Waals surface area (Å²) in [6, 6.07) is 16.1. The van der Waals surface area contributed by atoms with Crippen LogP contribution in [0.3, 0.4) is 0 Å². The second-order valence-corrected chi connectivity index (χ2v) is 5.83. The van der Waals surface area contributed by atoms with Crippen LogP contribution in [0.5, 0.6) is 0 Å². The fourth-order valence-electron chi connectivity index (χ4n) is 2.18. The Kier molecular flexibility index (Phi) is 7.77. The van der Waals surface area contributed by atoms with Gasteiger partial charge in [-0.05, 0) is 23.6 Å². The van der Waals surface area contributed by atoms with Crippen molar-refractivity contribution in [3.63, 3.8) is 0 Å². The number of aliphatic imine (C=N–C) groups is 1. The van der Waals surface area contributed by atoms with E-state index in [1.165, 1.54) is 5.56 Å². The van der Waals surface area contributed by atoms with Crippen molar-refractivity contribution < 1.29 is 4.74 Å². The molecule has 1 atom stereocenters. The lowest BCUT2D eigenvalue weighted by Gasteiger charge is -2.11. The van der Waals surface area contributed by atoms with Gasteiger partial charge < -0.3 is 15.8 Å². The van der Waals surface area contributed by atoms with E-state index < -0.39 is 0 Å². The Bertz CT molecular complexity index is 601. The van der Waals surface area contributed by atoms with Gasteiger partial charge in [-0.2, -0.15) is 0 Å². The maximum atomic E-state index is 5.88. The molecule has 0 amide bonds. The fraction of sp³-hybridized carbons (Fsp3) is 0.368. The summed E-state index contributed by atoms with van der Waals surface area (Å²) in [5.41, 5.74) is 8.11. The number of rotatable bonds is 9. The van der Waals surface area contributed by atoms with E-state index in [9.17, 15) is 0 Å². The molecule has 0 saturated carbocycles. The molecular weight excluding hydrogens is 300 g/mol. The third-order valence-corrected chi connectivity index (χ3v) is 3.50. The summed E-state index contributed by atoms with van der Waals surface area (Å²) in [6.45, 7) is 4.78. The van der Waals surface area contributed by atoms with Crippen molar-refractivity contribution in [2.75, 3.05) is 19.7 Å². The largest absolute Gasteiger partial charge is 0.376 e. The minimum atomic E-state index is 0.324. The van der Waals surface area contributed by atoms with Crippen molar-refractivity contribution >= 4 is 5.96 Å².